The van der Waals surface area contributed by atoms with Crippen molar-refractivity contribution >= 4 is 28.6 Å². The zero-order valence-electron chi connectivity index (χ0n) is 11.6. The number of aromatic nitrogens is 4. The molecule has 0 aliphatic heterocycles. The van der Waals surface area contributed by atoms with Gasteiger partial charge in [0.05, 0.1) is 6.20 Å². The first-order valence-corrected chi connectivity index (χ1v) is 6.94. The van der Waals surface area contributed by atoms with Crippen LogP contribution in [0.25, 0.3) is 11.0 Å². The van der Waals surface area contributed by atoms with Crippen LogP contribution < -0.4 is 10.1 Å². The summed E-state index contributed by atoms with van der Waals surface area (Å²) in [6.45, 7) is 4.63. The number of fused-ring (bicyclic) bond motifs is 1. The van der Waals surface area contributed by atoms with Gasteiger partial charge in [-0.3, -0.25) is 5.10 Å². The lowest BCUT2D eigenvalue weighted by Gasteiger charge is -2.10. The summed E-state index contributed by atoms with van der Waals surface area (Å²) < 4.78 is 5.91. The molecular formula is C14H14ClN5O. The largest absolute Gasteiger partial charge is 0.438 e. The molecule has 7 heteroatoms. The van der Waals surface area contributed by atoms with E-state index in [0.29, 0.717) is 28.2 Å². The minimum atomic E-state index is 0.454. The van der Waals surface area contributed by atoms with Gasteiger partial charge in [0.25, 0.3) is 0 Å². The highest BCUT2D eigenvalue weighted by Gasteiger charge is 2.12. The van der Waals surface area contributed by atoms with Gasteiger partial charge < -0.3 is 10.1 Å². The highest BCUT2D eigenvalue weighted by atomic mass is 35.5. The molecule has 0 spiro atoms. The fraction of sp³-hybridized carbons (Fsp3) is 0.214. The van der Waals surface area contributed by atoms with Crippen LogP contribution in [0.2, 0.25) is 5.02 Å². The van der Waals surface area contributed by atoms with E-state index in [9.17, 15) is 0 Å². The number of hydrogen-bond acceptors (Lipinski definition) is 5. The molecule has 0 saturated carbocycles. The molecule has 6 nitrogen and oxygen atoms in total. The number of aromatic amines is 1. The third kappa shape index (κ3) is 2.75. The number of nitrogens with one attached hydrogen (secondary N) is 2. The van der Waals surface area contributed by atoms with Crippen molar-refractivity contribution in [3.8, 4) is 11.6 Å². The molecule has 0 atom stereocenters. The summed E-state index contributed by atoms with van der Waals surface area (Å²) in [6, 6.07) is 5.44. The standard InChI is InChI=1S/C14H14ClN5O/c1-3-16-14-18-12-10(7-17-20-12)13(19-14)21-11-5-4-9(15)6-8(11)2/h4-7H,3H2,1-2H3,(H2,16,17,18,19,20). The van der Waals surface area contributed by atoms with Crippen molar-refractivity contribution in [2.75, 3.05) is 11.9 Å². The number of benzene rings is 1. The van der Waals surface area contributed by atoms with Gasteiger partial charge in [-0.2, -0.15) is 15.1 Å². The van der Waals surface area contributed by atoms with E-state index in [4.69, 9.17) is 16.3 Å². The summed E-state index contributed by atoms with van der Waals surface area (Å²) in [7, 11) is 0. The van der Waals surface area contributed by atoms with Crippen LogP contribution in [-0.2, 0) is 0 Å². The Balaban J connectivity index is 2.04. The molecule has 0 amide bonds. The lowest BCUT2D eigenvalue weighted by atomic mass is 10.2. The van der Waals surface area contributed by atoms with E-state index < -0.39 is 0 Å². The van der Waals surface area contributed by atoms with Crippen molar-refractivity contribution < 1.29 is 4.74 Å². The van der Waals surface area contributed by atoms with Crippen LogP contribution >= 0.6 is 11.6 Å². The van der Waals surface area contributed by atoms with Crippen molar-refractivity contribution in [1.82, 2.24) is 20.2 Å². The number of ether oxygens (including phenoxy) is 1. The van der Waals surface area contributed by atoms with Crippen LogP contribution in [0.15, 0.2) is 24.4 Å². The quantitative estimate of drug-likeness (QED) is 0.771. The summed E-state index contributed by atoms with van der Waals surface area (Å²) in [4.78, 5) is 8.71. The van der Waals surface area contributed by atoms with E-state index in [2.05, 4.69) is 25.5 Å². The third-order valence-corrected chi connectivity index (χ3v) is 3.19. The van der Waals surface area contributed by atoms with Crippen molar-refractivity contribution in [1.29, 1.82) is 0 Å². The Labute approximate surface area is 126 Å². The van der Waals surface area contributed by atoms with Gasteiger partial charge in [0, 0.05) is 11.6 Å². The first-order valence-electron chi connectivity index (χ1n) is 6.56. The highest BCUT2D eigenvalue weighted by molar-refractivity contribution is 6.30. The Morgan fingerprint density at radius 2 is 2.19 bits per heavy atom. The van der Waals surface area contributed by atoms with E-state index in [1.165, 1.54) is 0 Å². The van der Waals surface area contributed by atoms with E-state index in [-0.39, 0.29) is 0 Å². The fourth-order valence-electron chi connectivity index (χ4n) is 1.95. The first kappa shape index (κ1) is 13.6. The fourth-order valence-corrected chi connectivity index (χ4v) is 2.18. The summed E-state index contributed by atoms with van der Waals surface area (Å²) in [5, 5.41) is 11.3. The van der Waals surface area contributed by atoms with E-state index in [1.807, 2.05) is 26.0 Å². The Morgan fingerprint density at radius 3 is 2.95 bits per heavy atom. The topological polar surface area (TPSA) is 75.7 Å². The summed E-state index contributed by atoms with van der Waals surface area (Å²) in [6.07, 6.45) is 1.64. The second-order valence-corrected chi connectivity index (χ2v) is 4.96. The summed E-state index contributed by atoms with van der Waals surface area (Å²) in [5.74, 6) is 1.65. The number of aryl methyl sites for hydroxylation is 1. The number of H-pyrrole nitrogens is 1. The minimum absolute atomic E-state index is 0.454. The molecular weight excluding hydrogens is 290 g/mol. The minimum Gasteiger partial charge on any atom is -0.438 e. The van der Waals surface area contributed by atoms with E-state index in [0.717, 1.165) is 17.5 Å². The average molecular weight is 304 g/mol. The number of hydrogen-bond donors (Lipinski definition) is 2. The van der Waals surface area contributed by atoms with Gasteiger partial charge in [0.15, 0.2) is 5.65 Å². The third-order valence-electron chi connectivity index (χ3n) is 2.95. The van der Waals surface area contributed by atoms with Crippen LogP contribution in [0.1, 0.15) is 12.5 Å². The number of rotatable bonds is 4. The molecule has 0 radical (unpaired) electrons. The maximum absolute atomic E-state index is 5.96. The molecule has 0 fully saturated rings. The first-order chi connectivity index (χ1) is 10.2. The smallest absolute Gasteiger partial charge is 0.235 e. The molecule has 0 aliphatic rings. The molecule has 0 saturated heterocycles. The van der Waals surface area contributed by atoms with Crippen LogP contribution in [-0.4, -0.2) is 26.7 Å². The van der Waals surface area contributed by atoms with Gasteiger partial charge in [-0.25, -0.2) is 0 Å². The second-order valence-electron chi connectivity index (χ2n) is 4.53. The molecule has 108 valence electrons. The molecule has 3 rings (SSSR count). The number of nitrogens with zero attached hydrogens (tertiary/aromatic N) is 3. The van der Waals surface area contributed by atoms with Crippen LogP contribution in [0.3, 0.4) is 0 Å². The lowest BCUT2D eigenvalue weighted by molar-refractivity contribution is 0.465. The maximum Gasteiger partial charge on any atom is 0.235 e. The Morgan fingerprint density at radius 1 is 1.33 bits per heavy atom. The summed E-state index contributed by atoms with van der Waals surface area (Å²) >= 11 is 5.96. The molecule has 0 aliphatic carbocycles. The van der Waals surface area contributed by atoms with Crippen molar-refractivity contribution in [2.24, 2.45) is 0 Å². The van der Waals surface area contributed by atoms with Crippen molar-refractivity contribution in [2.45, 2.75) is 13.8 Å². The molecule has 21 heavy (non-hydrogen) atoms. The second kappa shape index (κ2) is 5.57. The zero-order chi connectivity index (χ0) is 14.8. The molecule has 0 bridgehead atoms. The van der Waals surface area contributed by atoms with Gasteiger partial charge in [-0.1, -0.05) is 11.6 Å². The van der Waals surface area contributed by atoms with Crippen molar-refractivity contribution in [3.05, 3.63) is 35.0 Å². The average Bonchev–Trinajstić information content (AvgIpc) is 2.91. The van der Waals surface area contributed by atoms with Gasteiger partial charge in [-0.15, -0.1) is 0 Å². The monoisotopic (exact) mass is 303 g/mol. The molecule has 2 heterocycles. The van der Waals surface area contributed by atoms with E-state index >= 15 is 0 Å². The molecule has 2 N–H and O–H groups in total. The Bertz CT molecular complexity index is 786. The lowest BCUT2D eigenvalue weighted by Crippen LogP contribution is -2.03. The molecule has 0 unspecified atom stereocenters. The molecule has 3 aromatic rings. The number of halogens is 1. The van der Waals surface area contributed by atoms with Crippen LogP contribution in [0.5, 0.6) is 11.6 Å². The predicted molar refractivity (Wildman–Crippen MR) is 82.1 cm³/mol. The summed E-state index contributed by atoms with van der Waals surface area (Å²) in [5.41, 5.74) is 1.56. The Kier molecular flexibility index (Phi) is 3.62. The van der Waals surface area contributed by atoms with Crippen molar-refractivity contribution in [3.63, 3.8) is 0 Å². The highest BCUT2D eigenvalue weighted by Crippen LogP contribution is 2.30. The van der Waals surface area contributed by atoms with Gasteiger partial charge in [0.2, 0.25) is 11.8 Å². The van der Waals surface area contributed by atoms with Gasteiger partial charge >= 0.3 is 0 Å². The van der Waals surface area contributed by atoms with E-state index in [1.54, 1.807) is 12.3 Å². The van der Waals surface area contributed by atoms with Crippen LogP contribution in [0, 0.1) is 6.92 Å². The normalized spacial score (nSPS) is 10.8. The zero-order valence-corrected chi connectivity index (χ0v) is 12.4. The van der Waals surface area contributed by atoms with Crippen LogP contribution in [0.4, 0.5) is 5.95 Å². The van der Waals surface area contributed by atoms with Gasteiger partial charge in [0.1, 0.15) is 11.1 Å². The van der Waals surface area contributed by atoms with Gasteiger partial charge in [-0.05, 0) is 37.6 Å². The predicted octanol–water partition coefficient (Wildman–Crippen LogP) is 3.54. The number of anilines is 1. The SMILES string of the molecule is CCNc1nc(Oc2ccc(Cl)cc2C)c2cn[nH]c2n1. The maximum atomic E-state index is 5.96. The molecule has 1 aromatic carbocycles. The molecule has 2 aromatic heterocycles. The Hall–Kier alpha value is -2.34.